The van der Waals surface area contributed by atoms with E-state index in [0.717, 1.165) is 11.1 Å². The van der Waals surface area contributed by atoms with Crippen molar-refractivity contribution in [2.75, 3.05) is 11.9 Å². The van der Waals surface area contributed by atoms with Crippen molar-refractivity contribution in [2.24, 2.45) is 0 Å². The molecule has 0 atom stereocenters. The fraction of sp³-hybridized carbons (Fsp3) is 0.200. The molecule has 0 unspecified atom stereocenters. The van der Waals surface area contributed by atoms with Crippen molar-refractivity contribution in [1.82, 2.24) is 10.3 Å². The molecule has 4 nitrogen and oxygen atoms in total. The van der Waals surface area contributed by atoms with Gasteiger partial charge in [-0.15, -0.1) is 0 Å². The Morgan fingerprint density at radius 1 is 1.30 bits per heavy atom. The number of pyridine rings is 1. The average molecular weight is 273 g/mol. The second kappa shape index (κ2) is 6.65. The van der Waals surface area contributed by atoms with Crippen LogP contribution in [-0.2, 0) is 6.42 Å². The number of carbonyl (C=O) groups excluding carboxylic acids is 1. The Balaban J connectivity index is 1.80. The van der Waals surface area contributed by atoms with Gasteiger partial charge < -0.3 is 5.32 Å². The van der Waals surface area contributed by atoms with Gasteiger partial charge in [-0.05, 0) is 42.7 Å². The number of nitrogens with one attached hydrogen (secondary N) is 2. The molecule has 0 aliphatic rings. The molecule has 1 aromatic carbocycles. The summed E-state index contributed by atoms with van der Waals surface area (Å²) in [6.07, 6.45) is 2.20. The Morgan fingerprint density at radius 3 is 2.90 bits per heavy atom. The van der Waals surface area contributed by atoms with E-state index in [4.69, 9.17) is 0 Å². The van der Waals surface area contributed by atoms with Crippen LogP contribution in [0.5, 0.6) is 0 Å². The van der Waals surface area contributed by atoms with Crippen LogP contribution in [0.25, 0.3) is 0 Å². The van der Waals surface area contributed by atoms with Gasteiger partial charge in [0.1, 0.15) is 11.6 Å². The number of nitrogens with zero attached hydrogens (tertiary/aromatic N) is 1. The fourth-order valence-electron chi connectivity index (χ4n) is 1.78. The Morgan fingerprint density at radius 2 is 2.15 bits per heavy atom. The van der Waals surface area contributed by atoms with Crippen molar-refractivity contribution >= 4 is 11.8 Å². The summed E-state index contributed by atoms with van der Waals surface area (Å²) in [6.45, 7) is 2.30. The van der Waals surface area contributed by atoms with E-state index in [-0.39, 0.29) is 11.8 Å². The minimum Gasteiger partial charge on any atom is -0.337 e. The number of rotatable bonds is 4. The normalized spacial score (nSPS) is 10.1. The Labute approximate surface area is 117 Å². The number of carbonyl (C=O) groups is 1. The molecule has 104 valence electrons. The number of urea groups is 1. The first-order valence-corrected chi connectivity index (χ1v) is 6.36. The van der Waals surface area contributed by atoms with Gasteiger partial charge in [0.15, 0.2) is 0 Å². The highest BCUT2D eigenvalue weighted by atomic mass is 19.1. The van der Waals surface area contributed by atoms with E-state index in [1.165, 1.54) is 12.1 Å². The second-order valence-corrected chi connectivity index (χ2v) is 4.43. The number of hydrogen-bond acceptors (Lipinski definition) is 2. The van der Waals surface area contributed by atoms with E-state index >= 15 is 0 Å². The lowest BCUT2D eigenvalue weighted by atomic mass is 10.1. The lowest BCUT2D eigenvalue weighted by Gasteiger charge is -2.08. The zero-order valence-corrected chi connectivity index (χ0v) is 11.2. The highest BCUT2D eigenvalue weighted by molar-refractivity contribution is 5.88. The Hall–Kier alpha value is -2.43. The van der Waals surface area contributed by atoms with Crippen molar-refractivity contribution < 1.29 is 9.18 Å². The number of anilines is 1. The van der Waals surface area contributed by atoms with Crippen LogP contribution in [-0.4, -0.2) is 17.6 Å². The van der Waals surface area contributed by atoms with Crippen molar-refractivity contribution in [3.05, 3.63) is 59.5 Å². The molecule has 0 bridgehead atoms. The van der Waals surface area contributed by atoms with Crippen LogP contribution in [0.3, 0.4) is 0 Å². The average Bonchev–Trinajstić information content (AvgIpc) is 2.41. The smallest absolute Gasteiger partial charge is 0.320 e. The topological polar surface area (TPSA) is 54.0 Å². The molecule has 2 N–H and O–H groups in total. The molecule has 20 heavy (non-hydrogen) atoms. The van der Waals surface area contributed by atoms with Crippen LogP contribution in [0.4, 0.5) is 15.0 Å². The van der Waals surface area contributed by atoms with Crippen molar-refractivity contribution in [3.8, 4) is 0 Å². The van der Waals surface area contributed by atoms with Crippen LogP contribution in [0.15, 0.2) is 42.6 Å². The fourth-order valence-corrected chi connectivity index (χ4v) is 1.78. The standard InChI is InChI=1S/C15H16FN3O/c1-11-4-3-8-17-14(11)19-15(20)18-9-7-12-5-2-6-13(16)10-12/h2-6,8,10H,7,9H2,1H3,(H2,17,18,19,20). The van der Waals surface area contributed by atoms with Crippen LogP contribution >= 0.6 is 0 Å². The Bertz CT molecular complexity index is 601. The van der Waals surface area contributed by atoms with E-state index in [0.29, 0.717) is 18.8 Å². The molecule has 2 aromatic rings. The third kappa shape index (κ3) is 4.05. The molecular formula is C15H16FN3O. The quantitative estimate of drug-likeness (QED) is 0.900. The summed E-state index contributed by atoms with van der Waals surface area (Å²) < 4.78 is 13.0. The van der Waals surface area contributed by atoms with Gasteiger partial charge in [-0.3, -0.25) is 5.32 Å². The van der Waals surface area contributed by atoms with E-state index in [9.17, 15) is 9.18 Å². The molecule has 0 fully saturated rings. The summed E-state index contributed by atoms with van der Waals surface area (Å²) in [4.78, 5) is 15.8. The van der Waals surface area contributed by atoms with Crippen molar-refractivity contribution in [2.45, 2.75) is 13.3 Å². The highest BCUT2D eigenvalue weighted by Crippen LogP contribution is 2.08. The Kier molecular flexibility index (Phi) is 4.65. The molecule has 2 amide bonds. The largest absolute Gasteiger partial charge is 0.337 e. The van der Waals surface area contributed by atoms with Crippen LogP contribution in [0.2, 0.25) is 0 Å². The predicted molar refractivity (Wildman–Crippen MR) is 76.1 cm³/mol. The van der Waals surface area contributed by atoms with Crippen molar-refractivity contribution in [1.29, 1.82) is 0 Å². The van der Waals surface area contributed by atoms with Crippen molar-refractivity contribution in [3.63, 3.8) is 0 Å². The van der Waals surface area contributed by atoms with Gasteiger partial charge in [0.2, 0.25) is 0 Å². The van der Waals surface area contributed by atoms with Crippen LogP contribution in [0.1, 0.15) is 11.1 Å². The highest BCUT2D eigenvalue weighted by Gasteiger charge is 2.04. The maximum Gasteiger partial charge on any atom is 0.320 e. The molecule has 0 aliphatic heterocycles. The van der Waals surface area contributed by atoms with Gasteiger partial charge in [-0.1, -0.05) is 18.2 Å². The minimum absolute atomic E-state index is 0.268. The number of benzene rings is 1. The first-order chi connectivity index (χ1) is 9.65. The van der Waals surface area contributed by atoms with Gasteiger partial charge in [0.25, 0.3) is 0 Å². The molecular weight excluding hydrogens is 257 g/mol. The van der Waals surface area contributed by atoms with E-state index < -0.39 is 0 Å². The number of hydrogen-bond donors (Lipinski definition) is 2. The molecule has 1 aromatic heterocycles. The number of halogens is 1. The zero-order chi connectivity index (χ0) is 14.4. The number of aromatic nitrogens is 1. The SMILES string of the molecule is Cc1cccnc1NC(=O)NCCc1cccc(F)c1. The molecule has 0 saturated carbocycles. The number of amides is 2. The summed E-state index contributed by atoms with van der Waals surface area (Å²) >= 11 is 0. The van der Waals surface area contributed by atoms with Gasteiger partial charge in [-0.2, -0.15) is 0 Å². The summed E-state index contributed by atoms with van der Waals surface area (Å²) in [5.41, 5.74) is 1.74. The lowest BCUT2D eigenvalue weighted by molar-refractivity contribution is 0.252. The summed E-state index contributed by atoms with van der Waals surface area (Å²) in [5, 5.41) is 5.39. The van der Waals surface area contributed by atoms with E-state index in [2.05, 4.69) is 15.6 Å². The van der Waals surface area contributed by atoms with Gasteiger partial charge in [0.05, 0.1) is 0 Å². The van der Waals surface area contributed by atoms with E-state index in [1.54, 1.807) is 12.3 Å². The zero-order valence-electron chi connectivity index (χ0n) is 11.2. The summed E-state index contributed by atoms with van der Waals surface area (Å²) in [5.74, 6) is 0.270. The molecule has 0 spiro atoms. The third-order valence-electron chi connectivity index (χ3n) is 2.83. The van der Waals surface area contributed by atoms with Gasteiger partial charge in [-0.25, -0.2) is 14.2 Å². The number of aryl methyl sites for hydroxylation is 1. The second-order valence-electron chi connectivity index (χ2n) is 4.43. The predicted octanol–water partition coefficient (Wildman–Crippen LogP) is 2.89. The van der Waals surface area contributed by atoms with Crippen LogP contribution < -0.4 is 10.6 Å². The molecule has 0 radical (unpaired) electrons. The monoisotopic (exact) mass is 273 g/mol. The van der Waals surface area contributed by atoms with Gasteiger partial charge in [0, 0.05) is 12.7 Å². The summed E-state index contributed by atoms with van der Waals surface area (Å²) in [6, 6.07) is 9.70. The molecule has 5 heteroatoms. The van der Waals surface area contributed by atoms with E-state index in [1.807, 2.05) is 25.1 Å². The molecule has 0 saturated heterocycles. The minimum atomic E-state index is -0.316. The first kappa shape index (κ1) is 14.0. The lowest BCUT2D eigenvalue weighted by Crippen LogP contribution is -2.31. The molecule has 2 rings (SSSR count). The molecule has 0 aliphatic carbocycles. The molecule has 1 heterocycles. The van der Waals surface area contributed by atoms with Gasteiger partial charge >= 0.3 is 6.03 Å². The third-order valence-corrected chi connectivity index (χ3v) is 2.83. The summed E-state index contributed by atoms with van der Waals surface area (Å²) in [7, 11) is 0. The maximum absolute atomic E-state index is 13.0. The first-order valence-electron chi connectivity index (χ1n) is 6.36. The van der Waals surface area contributed by atoms with Crippen LogP contribution in [0, 0.1) is 12.7 Å². The maximum atomic E-state index is 13.0.